The maximum atomic E-state index is 12.7. The first-order valence-corrected chi connectivity index (χ1v) is 18.5. The number of carbonyl (C=O) groups excluding carboxylic acids is 2. The third kappa shape index (κ3) is 8.03. The smallest absolute Gasteiger partial charge is 0.253 e. The summed E-state index contributed by atoms with van der Waals surface area (Å²) in [6.45, 7) is 1.27. The molecule has 0 spiro atoms. The molecule has 2 amide bonds. The number of amides is 2. The molecule has 0 bridgehead atoms. The van der Waals surface area contributed by atoms with E-state index >= 15 is 0 Å². The van der Waals surface area contributed by atoms with Crippen molar-refractivity contribution in [1.82, 2.24) is 39.1 Å². The number of nitrogens with one attached hydrogen (secondary N) is 1. The van der Waals surface area contributed by atoms with Crippen molar-refractivity contribution in [1.29, 1.82) is 5.26 Å². The minimum absolute atomic E-state index is 0.0103. The third-order valence-corrected chi connectivity index (χ3v) is 9.96. The van der Waals surface area contributed by atoms with Crippen molar-refractivity contribution in [3.63, 3.8) is 0 Å². The highest BCUT2D eigenvalue weighted by Crippen LogP contribution is 2.30. The van der Waals surface area contributed by atoms with Gasteiger partial charge >= 0.3 is 0 Å². The van der Waals surface area contributed by atoms with Crippen molar-refractivity contribution in [3.8, 4) is 28.6 Å². The second-order valence-corrected chi connectivity index (χ2v) is 13.8. The number of aryl methyl sites for hydroxylation is 2. The Bertz CT molecular complexity index is 2490. The number of nitrogen functional groups attached to an aromatic ring is 1. The van der Waals surface area contributed by atoms with Gasteiger partial charge in [-0.05, 0) is 92.6 Å². The summed E-state index contributed by atoms with van der Waals surface area (Å²) in [5.41, 5.74) is 13.9. The Morgan fingerprint density at radius 3 is 2.04 bits per heavy atom. The van der Waals surface area contributed by atoms with Crippen LogP contribution in [-0.2, 0) is 17.6 Å². The van der Waals surface area contributed by atoms with Crippen LogP contribution in [0.4, 0.5) is 11.9 Å². The zero-order valence-electron chi connectivity index (χ0n) is 30.1. The fourth-order valence-electron chi connectivity index (χ4n) is 6.71. The van der Waals surface area contributed by atoms with Crippen LogP contribution in [0.3, 0.4) is 0 Å². The summed E-state index contributed by atoms with van der Waals surface area (Å²) in [5, 5.41) is 20.5. The fraction of sp³-hybridized carbons (Fsp3) is 0.238. The van der Waals surface area contributed by atoms with Gasteiger partial charge in [-0.25, -0.2) is 9.03 Å². The molecule has 1 aliphatic carbocycles. The van der Waals surface area contributed by atoms with E-state index in [0.29, 0.717) is 35.9 Å². The van der Waals surface area contributed by atoms with E-state index in [9.17, 15) is 9.59 Å². The number of nitriles is 1. The minimum Gasteiger partial charge on any atom is -0.366 e. The maximum absolute atomic E-state index is 12.7. The van der Waals surface area contributed by atoms with Crippen LogP contribution in [0.5, 0.6) is 0 Å². The molecular weight excluding hydrogens is 691 g/mol. The molecule has 13 heteroatoms. The lowest BCUT2D eigenvalue weighted by Gasteiger charge is -2.29. The van der Waals surface area contributed by atoms with E-state index in [1.54, 1.807) is 9.03 Å². The molecule has 2 aromatic carbocycles. The molecule has 7 aromatic rings. The van der Waals surface area contributed by atoms with Gasteiger partial charge in [-0.15, -0.1) is 10.2 Å². The molecular formula is C42H39N11O2. The molecule has 55 heavy (non-hydrogen) atoms. The van der Waals surface area contributed by atoms with Gasteiger partial charge in [0, 0.05) is 53.5 Å². The van der Waals surface area contributed by atoms with Gasteiger partial charge in [0.15, 0.2) is 11.3 Å². The standard InChI is InChI=1S/C23H21N5O.C19H18N6O/c29-22(18-12-13-18)26-23-25-21-6-3-5-20(28(21)27-23)17-10-7-16(8-11-17)9-14-19-4-1-2-15-24-19;20-12-13-8-10-24(11-9-13)18(26)15-6-4-14(5-7-15)16-2-1-3-17-22-19(21)23-25(16)17/h1-8,10-11,15,18H,9,12-14H2,(H,26,27,29);1-7,13H,8-11H2,(H2,21,23). The molecule has 1 aliphatic heterocycles. The maximum Gasteiger partial charge on any atom is 0.253 e. The van der Waals surface area contributed by atoms with Gasteiger partial charge < -0.3 is 10.6 Å². The topological polar surface area (TPSA) is 172 Å². The van der Waals surface area contributed by atoms with E-state index in [4.69, 9.17) is 11.0 Å². The van der Waals surface area contributed by atoms with Crippen molar-refractivity contribution in [2.45, 2.75) is 38.5 Å². The van der Waals surface area contributed by atoms with E-state index in [2.05, 4.69) is 66.9 Å². The number of nitrogens with zero attached hydrogens (tertiary/aromatic N) is 9. The first kappa shape index (κ1) is 35.1. The Hall–Kier alpha value is -6.94. The van der Waals surface area contributed by atoms with Gasteiger partial charge in [-0.3, -0.25) is 19.9 Å². The van der Waals surface area contributed by atoms with Crippen LogP contribution < -0.4 is 11.1 Å². The number of benzene rings is 2. The van der Waals surface area contributed by atoms with Gasteiger partial charge in [0.25, 0.3) is 5.91 Å². The van der Waals surface area contributed by atoms with E-state index in [1.807, 2.05) is 83.9 Å². The Balaban J connectivity index is 0.000000156. The number of fused-ring (bicyclic) bond motifs is 2. The fourth-order valence-corrected chi connectivity index (χ4v) is 6.71. The van der Waals surface area contributed by atoms with E-state index in [0.717, 1.165) is 66.7 Å². The SMILES string of the molecule is N#CC1CCN(C(=O)c2ccc(-c3cccc4nc(N)nn34)cc2)CC1.O=C(Nc1nc2cccc(-c3ccc(CCc4ccccn4)cc3)n2n1)C1CC1. The zero-order valence-corrected chi connectivity index (χ0v) is 30.1. The number of rotatable bonds is 8. The van der Waals surface area contributed by atoms with Crippen molar-refractivity contribution in [2.24, 2.45) is 11.8 Å². The number of aromatic nitrogens is 7. The Kier molecular flexibility index (Phi) is 9.94. The van der Waals surface area contributed by atoms with Crippen LogP contribution in [0.1, 0.15) is 47.3 Å². The average Bonchev–Trinajstić information content (AvgIpc) is 3.90. The monoisotopic (exact) mass is 729 g/mol. The molecule has 5 aromatic heterocycles. The predicted octanol–water partition coefficient (Wildman–Crippen LogP) is 6.28. The van der Waals surface area contributed by atoms with Gasteiger partial charge in [0.1, 0.15) is 0 Å². The molecule has 0 atom stereocenters. The Morgan fingerprint density at radius 2 is 1.40 bits per heavy atom. The van der Waals surface area contributed by atoms with Crippen LogP contribution in [0, 0.1) is 23.2 Å². The molecule has 9 rings (SSSR count). The highest BCUT2D eigenvalue weighted by Gasteiger charge is 2.30. The lowest BCUT2D eigenvalue weighted by molar-refractivity contribution is -0.117. The van der Waals surface area contributed by atoms with Gasteiger partial charge in [-0.1, -0.05) is 54.6 Å². The summed E-state index contributed by atoms with van der Waals surface area (Å²) in [5.74, 6) is 0.805. The summed E-state index contributed by atoms with van der Waals surface area (Å²) in [4.78, 5) is 39.5. The van der Waals surface area contributed by atoms with Crippen molar-refractivity contribution in [3.05, 3.63) is 126 Å². The number of pyridine rings is 3. The van der Waals surface area contributed by atoms with Crippen LogP contribution in [0.25, 0.3) is 33.8 Å². The van der Waals surface area contributed by atoms with Crippen molar-refractivity contribution in [2.75, 3.05) is 24.1 Å². The lowest BCUT2D eigenvalue weighted by atomic mass is 9.98. The summed E-state index contributed by atoms with van der Waals surface area (Å²) in [6.07, 6.45) is 7.10. The van der Waals surface area contributed by atoms with Crippen LogP contribution >= 0.6 is 0 Å². The van der Waals surface area contributed by atoms with E-state index in [1.165, 1.54) is 5.56 Å². The lowest BCUT2D eigenvalue weighted by Crippen LogP contribution is -2.38. The highest BCUT2D eigenvalue weighted by molar-refractivity contribution is 5.95. The molecule has 0 radical (unpaired) electrons. The number of anilines is 2. The first-order chi connectivity index (χ1) is 26.9. The van der Waals surface area contributed by atoms with Crippen molar-refractivity contribution >= 4 is 35.0 Å². The molecule has 2 fully saturated rings. The van der Waals surface area contributed by atoms with Gasteiger partial charge in [0.2, 0.25) is 17.8 Å². The summed E-state index contributed by atoms with van der Waals surface area (Å²) >= 11 is 0. The molecule has 274 valence electrons. The van der Waals surface area contributed by atoms with E-state index < -0.39 is 0 Å². The molecule has 6 heterocycles. The number of hydrogen-bond acceptors (Lipinski definition) is 9. The normalized spacial score (nSPS) is 14.3. The van der Waals surface area contributed by atoms with Crippen LogP contribution in [-0.4, -0.2) is 64.0 Å². The Morgan fingerprint density at radius 1 is 0.745 bits per heavy atom. The van der Waals surface area contributed by atoms with Gasteiger partial charge in [0.05, 0.1) is 17.5 Å². The number of hydrogen-bond donors (Lipinski definition) is 2. The molecule has 1 saturated carbocycles. The largest absolute Gasteiger partial charge is 0.366 e. The number of piperidine rings is 1. The third-order valence-electron chi connectivity index (χ3n) is 9.96. The molecule has 13 nitrogen and oxygen atoms in total. The number of likely N-dealkylation sites (tertiary alicyclic amines) is 1. The van der Waals surface area contributed by atoms with Gasteiger partial charge in [-0.2, -0.15) is 15.2 Å². The van der Waals surface area contributed by atoms with Crippen LogP contribution in [0.2, 0.25) is 0 Å². The van der Waals surface area contributed by atoms with Crippen molar-refractivity contribution < 1.29 is 9.59 Å². The summed E-state index contributed by atoms with van der Waals surface area (Å²) in [6, 6.07) is 35.8. The zero-order chi connectivity index (χ0) is 37.7. The highest BCUT2D eigenvalue weighted by atomic mass is 16.2. The molecule has 3 N–H and O–H groups in total. The average molecular weight is 730 g/mol. The first-order valence-electron chi connectivity index (χ1n) is 18.5. The second-order valence-electron chi connectivity index (χ2n) is 13.8. The molecule has 0 unspecified atom stereocenters. The quantitative estimate of drug-likeness (QED) is 0.183. The molecule has 2 aliphatic rings. The van der Waals surface area contributed by atoms with Crippen LogP contribution in [0.15, 0.2) is 109 Å². The Labute approximate surface area is 317 Å². The van der Waals surface area contributed by atoms with E-state index in [-0.39, 0.29) is 29.6 Å². The predicted molar refractivity (Wildman–Crippen MR) is 208 cm³/mol. The summed E-state index contributed by atoms with van der Waals surface area (Å²) in [7, 11) is 0. The molecule has 1 saturated heterocycles. The minimum atomic E-state index is 0.0103. The number of carbonyl (C=O) groups is 2. The number of nitrogens with two attached hydrogens (primary N) is 1. The second kappa shape index (κ2) is 15.6. The summed E-state index contributed by atoms with van der Waals surface area (Å²) < 4.78 is 3.48.